The zero-order chi connectivity index (χ0) is 17.9. The second kappa shape index (κ2) is 7.30. The van der Waals surface area contributed by atoms with Crippen LogP contribution in [-0.4, -0.2) is 23.9 Å². The number of nitrogens with zero attached hydrogens (tertiary/aromatic N) is 1. The molecule has 1 fully saturated rings. The second-order valence-corrected chi connectivity index (χ2v) is 6.88. The fourth-order valence-electron chi connectivity index (χ4n) is 3.54. The van der Waals surface area contributed by atoms with E-state index in [0.29, 0.717) is 16.8 Å². The smallest absolute Gasteiger partial charge is 0.257 e. The maximum atomic E-state index is 13.5. The maximum absolute atomic E-state index is 13.5. The molecule has 0 atom stereocenters. The molecule has 2 heterocycles. The number of carbonyl (C=O) groups is 1. The van der Waals surface area contributed by atoms with Crippen molar-refractivity contribution < 1.29 is 9.18 Å². The number of benzene rings is 2. The van der Waals surface area contributed by atoms with Crippen molar-refractivity contribution in [2.75, 3.05) is 23.7 Å². The molecule has 26 heavy (non-hydrogen) atoms. The molecule has 1 saturated heterocycles. The number of amides is 1. The molecule has 2 aromatic carbocycles. The van der Waals surface area contributed by atoms with Crippen LogP contribution in [0.25, 0.3) is 5.57 Å². The fraction of sp³-hybridized carbons (Fsp3) is 0.286. The lowest BCUT2D eigenvalue weighted by molar-refractivity contribution is -0.110. The maximum Gasteiger partial charge on any atom is 0.257 e. The number of likely N-dealkylation sites (tertiary alicyclic amines) is 1. The number of piperidine rings is 1. The van der Waals surface area contributed by atoms with Gasteiger partial charge in [-0.25, -0.2) is 4.39 Å². The number of halogens is 1. The van der Waals surface area contributed by atoms with Gasteiger partial charge in [0.05, 0.1) is 5.57 Å². The Kier molecular flexibility index (Phi) is 4.71. The Balaban J connectivity index is 1.44. The van der Waals surface area contributed by atoms with E-state index in [2.05, 4.69) is 27.7 Å². The van der Waals surface area contributed by atoms with Crippen LogP contribution in [0.15, 0.2) is 48.7 Å². The first-order chi connectivity index (χ1) is 12.7. The Morgan fingerprint density at radius 2 is 1.85 bits per heavy atom. The van der Waals surface area contributed by atoms with E-state index in [0.717, 1.165) is 12.2 Å². The van der Waals surface area contributed by atoms with Crippen LogP contribution >= 0.6 is 0 Å². The molecule has 1 amide bonds. The van der Waals surface area contributed by atoms with Crippen molar-refractivity contribution in [3.8, 4) is 0 Å². The van der Waals surface area contributed by atoms with E-state index in [9.17, 15) is 9.18 Å². The molecule has 2 aliphatic rings. The molecule has 0 radical (unpaired) electrons. The quantitative estimate of drug-likeness (QED) is 0.811. The van der Waals surface area contributed by atoms with Crippen molar-refractivity contribution >= 4 is 22.9 Å². The molecule has 5 heteroatoms. The summed E-state index contributed by atoms with van der Waals surface area (Å²) in [5.74, 6) is -0.576. The molecule has 134 valence electrons. The van der Waals surface area contributed by atoms with Crippen LogP contribution in [0.5, 0.6) is 0 Å². The van der Waals surface area contributed by atoms with Gasteiger partial charge in [-0.05, 0) is 61.8 Å². The van der Waals surface area contributed by atoms with E-state index >= 15 is 0 Å². The summed E-state index contributed by atoms with van der Waals surface area (Å²) in [5.41, 5.74) is 3.86. The Bertz CT molecular complexity index is 839. The molecule has 0 spiro atoms. The van der Waals surface area contributed by atoms with Crippen molar-refractivity contribution in [2.24, 2.45) is 0 Å². The number of fused-ring (bicyclic) bond motifs is 1. The number of nitrogens with one attached hydrogen (secondary N) is 2. The van der Waals surface area contributed by atoms with E-state index in [1.54, 1.807) is 12.3 Å². The summed E-state index contributed by atoms with van der Waals surface area (Å²) in [6.07, 6.45) is 5.56. The van der Waals surface area contributed by atoms with Crippen LogP contribution in [0.1, 0.15) is 30.4 Å². The normalized spacial score (nSPS) is 18.7. The number of hydrogen-bond acceptors (Lipinski definition) is 3. The Hall–Kier alpha value is -2.66. The van der Waals surface area contributed by atoms with Crippen molar-refractivity contribution in [3.63, 3.8) is 0 Å². The number of carbonyl (C=O) groups excluding carboxylic acids is 1. The van der Waals surface area contributed by atoms with E-state index in [1.807, 2.05) is 12.1 Å². The second-order valence-electron chi connectivity index (χ2n) is 6.88. The molecule has 0 saturated carbocycles. The highest BCUT2D eigenvalue weighted by Crippen LogP contribution is 2.32. The van der Waals surface area contributed by atoms with E-state index in [4.69, 9.17) is 0 Å². The van der Waals surface area contributed by atoms with Gasteiger partial charge >= 0.3 is 0 Å². The molecule has 0 bridgehead atoms. The SMILES string of the molecule is O=C1Nc2ccc(F)cc2/C1=C/Nc1ccc(CN2CCCCC2)cc1. The van der Waals surface area contributed by atoms with Crippen molar-refractivity contribution in [3.05, 3.63) is 65.6 Å². The van der Waals surface area contributed by atoms with Crippen molar-refractivity contribution in [1.29, 1.82) is 0 Å². The average molecular weight is 351 g/mol. The van der Waals surface area contributed by atoms with E-state index in [1.165, 1.54) is 50.0 Å². The summed E-state index contributed by atoms with van der Waals surface area (Å²) in [7, 11) is 0. The molecular weight excluding hydrogens is 329 g/mol. The number of anilines is 2. The Morgan fingerprint density at radius 3 is 2.62 bits per heavy atom. The van der Waals surface area contributed by atoms with Crippen molar-refractivity contribution in [2.45, 2.75) is 25.8 Å². The molecule has 4 nitrogen and oxygen atoms in total. The van der Waals surface area contributed by atoms with E-state index in [-0.39, 0.29) is 11.7 Å². The summed E-state index contributed by atoms with van der Waals surface area (Å²) in [4.78, 5) is 14.6. The lowest BCUT2D eigenvalue weighted by Crippen LogP contribution is -2.29. The van der Waals surface area contributed by atoms with Gasteiger partial charge in [0, 0.05) is 29.7 Å². The third kappa shape index (κ3) is 3.63. The number of rotatable bonds is 4. The summed E-state index contributed by atoms with van der Waals surface area (Å²) in [6.45, 7) is 3.34. The first-order valence-corrected chi connectivity index (χ1v) is 9.08. The molecule has 2 N–H and O–H groups in total. The highest BCUT2D eigenvalue weighted by atomic mass is 19.1. The molecule has 0 unspecified atom stereocenters. The Labute approximate surface area is 152 Å². The van der Waals surface area contributed by atoms with Crippen LogP contribution in [0.4, 0.5) is 15.8 Å². The highest BCUT2D eigenvalue weighted by Gasteiger charge is 2.24. The minimum atomic E-state index is -0.354. The van der Waals surface area contributed by atoms with Crippen LogP contribution in [0, 0.1) is 5.82 Å². The summed E-state index contributed by atoms with van der Waals surface area (Å²) < 4.78 is 13.5. The fourth-order valence-corrected chi connectivity index (χ4v) is 3.54. The lowest BCUT2D eigenvalue weighted by atomic mass is 10.1. The van der Waals surface area contributed by atoms with Gasteiger partial charge in [-0.3, -0.25) is 9.69 Å². The third-order valence-electron chi connectivity index (χ3n) is 4.96. The van der Waals surface area contributed by atoms with Crippen molar-refractivity contribution in [1.82, 2.24) is 4.90 Å². The van der Waals surface area contributed by atoms with Gasteiger partial charge in [-0.2, -0.15) is 0 Å². The summed E-state index contributed by atoms with van der Waals surface area (Å²) in [5, 5.41) is 5.90. The monoisotopic (exact) mass is 351 g/mol. The Morgan fingerprint density at radius 1 is 1.08 bits per heavy atom. The van der Waals surface area contributed by atoms with Gasteiger partial charge in [0.25, 0.3) is 5.91 Å². The summed E-state index contributed by atoms with van der Waals surface area (Å²) >= 11 is 0. The lowest BCUT2D eigenvalue weighted by Gasteiger charge is -2.26. The van der Waals surface area contributed by atoms with Crippen LogP contribution in [0.2, 0.25) is 0 Å². The van der Waals surface area contributed by atoms with Gasteiger partial charge in [-0.15, -0.1) is 0 Å². The average Bonchev–Trinajstić information content (AvgIpc) is 2.96. The first-order valence-electron chi connectivity index (χ1n) is 9.08. The minimum absolute atomic E-state index is 0.222. The standard InChI is InChI=1S/C21H22FN3O/c22-16-6-9-20-18(12-16)19(21(26)24-20)13-23-17-7-4-15(5-8-17)14-25-10-2-1-3-11-25/h4-9,12-13,23H,1-3,10-11,14H2,(H,24,26)/b19-13-. The van der Waals surface area contributed by atoms with Crippen LogP contribution in [-0.2, 0) is 11.3 Å². The summed E-state index contributed by atoms with van der Waals surface area (Å²) in [6, 6.07) is 12.5. The molecule has 0 aliphatic carbocycles. The van der Waals surface area contributed by atoms with E-state index < -0.39 is 0 Å². The highest BCUT2D eigenvalue weighted by molar-refractivity contribution is 6.31. The topological polar surface area (TPSA) is 44.4 Å². The zero-order valence-corrected chi connectivity index (χ0v) is 14.6. The largest absolute Gasteiger partial charge is 0.361 e. The number of hydrogen-bond donors (Lipinski definition) is 2. The minimum Gasteiger partial charge on any atom is -0.361 e. The predicted molar refractivity (Wildman–Crippen MR) is 102 cm³/mol. The zero-order valence-electron chi connectivity index (χ0n) is 14.6. The van der Waals surface area contributed by atoms with Gasteiger partial charge in [-0.1, -0.05) is 18.6 Å². The van der Waals surface area contributed by atoms with Crippen LogP contribution < -0.4 is 10.6 Å². The molecule has 4 rings (SSSR count). The molecule has 0 aromatic heterocycles. The molecule has 2 aliphatic heterocycles. The molecule has 2 aromatic rings. The van der Waals surface area contributed by atoms with Gasteiger partial charge in [0.15, 0.2) is 0 Å². The molecular formula is C21H22FN3O. The van der Waals surface area contributed by atoms with Gasteiger partial charge in [0.2, 0.25) is 0 Å². The predicted octanol–water partition coefficient (Wildman–Crippen LogP) is 4.22. The van der Waals surface area contributed by atoms with Gasteiger partial charge in [0.1, 0.15) is 5.82 Å². The van der Waals surface area contributed by atoms with Gasteiger partial charge < -0.3 is 10.6 Å². The van der Waals surface area contributed by atoms with Crippen LogP contribution in [0.3, 0.4) is 0 Å². The third-order valence-corrected chi connectivity index (χ3v) is 4.96. The first kappa shape index (κ1) is 16.8.